The Kier molecular flexibility index (Phi) is 4.50. The fourth-order valence-electron chi connectivity index (χ4n) is 5.77. The molecule has 0 bridgehead atoms. The number of aliphatic imine (C=N–C) groups is 1. The van der Waals surface area contributed by atoms with Crippen LogP contribution in [0.3, 0.4) is 0 Å². The van der Waals surface area contributed by atoms with Gasteiger partial charge in [-0.15, -0.1) is 0 Å². The number of likely N-dealkylation sites (tertiary alicyclic amines) is 1. The number of benzene rings is 1. The van der Waals surface area contributed by atoms with E-state index in [0.717, 1.165) is 44.2 Å². The third-order valence-electron chi connectivity index (χ3n) is 7.32. The van der Waals surface area contributed by atoms with Crippen LogP contribution in [0.15, 0.2) is 35.3 Å². The van der Waals surface area contributed by atoms with Gasteiger partial charge in [-0.3, -0.25) is 4.99 Å². The second kappa shape index (κ2) is 7.01. The quantitative estimate of drug-likeness (QED) is 0.657. The zero-order chi connectivity index (χ0) is 18.3. The van der Waals surface area contributed by atoms with Crippen molar-refractivity contribution in [1.29, 1.82) is 0 Å². The van der Waals surface area contributed by atoms with E-state index in [1.165, 1.54) is 25.7 Å². The van der Waals surface area contributed by atoms with Crippen LogP contribution >= 0.6 is 0 Å². The second-order valence-corrected chi connectivity index (χ2v) is 8.62. The minimum Gasteiger partial charge on any atom is -0.490 e. The summed E-state index contributed by atoms with van der Waals surface area (Å²) in [6.45, 7) is 2.94. The van der Waals surface area contributed by atoms with Gasteiger partial charge in [-0.25, -0.2) is 0 Å². The summed E-state index contributed by atoms with van der Waals surface area (Å²) < 4.78 is 12.2. The maximum atomic E-state index is 6.14. The number of nitrogens with zero attached hydrogens (tertiary/aromatic N) is 2. The van der Waals surface area contributed by atoms with Crippen molar-refractivity contribution in [3.05, 3.63) is 30.3 Å². The van der Waals surface area contributed by atoms with Gasteiger partial charge in [0.25, 0.3) is 0 Å². The van der Waals surface area contributed by atoms with Gasteiger partial charge in [-0.1, -0.05) is 24.6 Å². The predicted octanol–water partition coefficient (Wildman–Crippen LogP) is 3.06. The van der Waals surface area contributed by atoms with E-state index in [-0.39, 0.29) is 0 Å². The second-order valence-electron chi connectivity index (χ2n) is 8.62. The van der Waals surface area contributed by atoms with Crippen LogP contribution in [-0.2, 0) is 4.74 Å². The van der Waals surface area contributed by atoms with Crippen LogP contribution in [0.25, 0.3) is 0 Å². The molecule has 27 heavy (non-hydrogen) atoms. The zero-order valence-electron chi connectivity index (χ0n) is 16.3. The fourth-order valence-corrected chi connectivity index (χ4v) is 5.77. The Morgan fingerprint density at radius 2 is 1.96 bits per heavy atom. The van der Waals surface area contributed by atoms with Crippen LogP contribution < -0.4 is 10.1 Å². The smallest absolute Gasteiger partial charge is 0.193 e. The number of rotatable bonds is 3. The van der Waals surface area contributed by atoms with E-state index in [1.807, 2.05) is 37.4 Å². The van der Waals surface area contributed by atoms with Crippen molar-refractivity contribution in [2.75, 3.05) is 26.7 Å². The highest BCUT2D eigenvalue weighted by Crippen LogP contribution is 2.62. The van der Waals surface area contributed by atoms with Crippen LogP contribution in [0, 0.1) is 11.3 Å². The van der Waals surface area contributed by atoms with Crippen LogP contribution in [0.1, 0.15) is 38.5 Å². The molecule has 4 aliphatic rings. The topological polar surface area (TPSA) is 46.1 Å². The number of piperidine rings is 1. The molecule has 5 rings (SSSR count). The first kappa shape index (κ1) is 17.4. The van der Waals surface area contributed by atoms with Gasteiger partial charge in [0.1, 0.15) is 11.9 Å². The minimum absolute atomic E-state index is 0.302. The third-order valence-corrected chi connectivity index (χ3v) is 7.32. The van der Waals surface area contributed by atoms with Gasteiger partial charge < -0.3 is 19.7 Å². The van der Waals surface area contributed by atoms with E-state index >= 15 is 0 Å². The highest BCUT2D eigenvalue weighted by atomic mass is 16.5. The number of para-hydroxylation sites is 1. The Hall–Kier alpha value is -1.75. The SMILES string of the molecule is CN=C(NC1C2CCOC2C12CCC2)N1CCC(Oc2ccccc2)CC1. The normalized spacial score (nSPS) is 32.6. The first-order valence-corrected chi connectivity index (χ1v) is 10.6. The Bertz CT molecular complexity index is 680. The summed E-state index contributed by atoms with van der Waals surface area (Å²) in [5, 5.41) is 3.86. The molecule has 3 unspecified atom stereocenters. The van der Waals surface area contributed by atoms with Crippen LogP contribution in [0.4, 0.5) is 0 Å². The lowest BCUT2D eigenvalue weighted by Gasteiger charge is -2.63. The predicted molar refractivity (Wildman–Crippen MR) is 106 cm³/mol. The molecule has 5 nitrogen and oxygen atoms in total. The molecule has 2 aliphatic carbocycles. The van der Waals surface area contributed by atoms with Crippen molar-refractivity contribution in [1.82, 2.24) is 10.2 Å². The van der Waals surface area contributed by atoms with E-state index in [2.05, 4.69) is 15.2 Å². The molecule has 2 saturated heterocycles. The Labute approximate surface area is 162 Å². The van der Waals surface area contributed by atoms with E-state index in [4.69, 9.17) is 9.47 Å². The van der Waals surface area contributed by atoms with E-state index in [9.17, 15) is 0 Å². The molecule has 1 aromatic carbocycles. The van der Waals surface area contributed by atoms with Crippen LogP contribution in [-0.4, -0.2) is 55.9 Å². The molecule has 5 heteroatoms. The van der Waals surface area contributed by atoms with E-state index in [1.54, 1.807) is 0 Å². The number of ether oxygens (including phenoxy) is 2. The summed E-state index contributed by atoms with van der Waals surface area (Å²) in [6, 6.07) is 10.7. The maximum Gasteiger partial charge on any atom is 0.193 e. The molecular weight excluding hydrogens is 338 g/mol. The van der Waals surface area contributed by atoms with Crippen molar-refractivity contribution >= 4 is 5.96 Å². The minimum atomic E-state index is 0.302. The zero-order valence-corrected chi connectivity index (χ0v) is 16.3. The maximum absolute atomic E-state index is 6.14. The Morgan fingerprint density at radius 1 is 1.19 bits per heavy atom. The van der Waals surface area contributed by atoms with Gasteiger partial charge in [0.05, 0.1) is 6.10 Å². The lowest BCUT2D eigenvalue weighted by molar-refractivity contribution is -0.171. The molecule has 1 aromatic rings. The molecule has 2 aliphatic heterocycles. The van der Waals surface area contributed by atoms with Gasteiger partial charge in [0, 0.05) is 57.0 Å². The summed E-state index contributed by atoms with van der Waals surface area (Å²) in [5.74, 6) is 2.74. The number of nitrogens with one attached hydrogen (secondary N) is 1. The molecule has 3 atom stereocenters. The average molecular weight is 370 g/mol. The van der Waals surface area contributed by atoms with Crippen molar-refractivity contribution in [2.24, 2.45) is 16.3 Å². The van der Waals surface area contributed by atoms with Crippen molar-refractivity contribution in [3.63, 3.8) is 0 Å². The molecule has 4 fully saturated rings. The largest absolute Gasteiger partial charge is 0.490 e. The fraction of sp³-hybridized carbons (Fsp3) is 0.682. The summed E-state index contributed by atoms with van der Waals surface area (Å²) >= 11 is 0. The Morgan fingerprint density at radius 3 is 2.63 bits per heavy atom. The van der Waals surface area contributed by atoms with Crippen molar-refractivity contribution in [3.8, 4) is 5.75 Å². The Balaban J connectivity index is 1.18. The lowest BCUT2D eigenvalue weighted by Crippen LogP contribution is -2.72. The first-order chi connectivity index (χ1) is 13.3. The molecule has 1 N–H and O–H groups in total. The highest BCUT2D eigenvalue weighted by molar-refractivity contribution is 5.80. The summed E-state index contributed by atoms with van der Waals surface area (Å²) in [6.07, 6.45) is 8.08. The number of guanidine groups is 1. The molecule has 2 saturated carbocycles. The molecular formula is C22H31N3O2. The van der Waals surface area contributed by atoms with Crippen LogP contribution in [0.5, 0.6) is 5.75 Å². The van der Waals surface area contributed by atoms with E-state index in [0.29, 0.717) is 29.6 Å². The third kappa shape index (κ3) is 2.91. The average Bonchev–Trinajstić information content (AvgIpc) is 3.08. The lowest BCUT2D eigenvalue weighted by atomic mass is 9.46. The molecule has 0 amide bonds. The molecule has 2 heterocycles. The molecule has 146 valence electrons. The monoisotopic (exact) mass is 369 g/mol. The van der Waals surface area contributed by atoms with Crippen molar-refractivity contribution < 1.29 is 9.47 Å². The van der Waals surface area contributed by atoms with Crippen molar-refractivity contribution in [2.45, 2.75) is 56.8 Å². The standard InChI is InChI=1S/C22H31N3O2/c1-23-21(24-19-18-10-15-26-20(18)22(19)11-5-12-22)25-13-8-17(9-14-25)27-16-6-3-2-4-7-16/h2-4,6-7,17-20H,5,8-15H2,1H3,(H,23,24). The summed E-state index contributed by atoms with van der Waals surface area (Å²) in [5.41, 5.74) is 0.395. The highest BCUT2D eigenvalue weighted by Gasteiger charge is 2.66. The number of fused-ring (bicyclic) bond motifs is 2. The summed E-state index contributed by atoms with van der Waals surface area (Å²) in [7, 11) is 1.92. The molecule has 1 spiro atoms. The van der Waals surface area contributed by atoms with E-state index < -0.39 is 0 Å². The molecule has 0 radical (unpaired) electrons. The van der Waals surface area contributed by atoms with Gasteiger partial charge in [-0.05, 0) is 31.4 Å². The van der Waals surface area contributed by atoms with Gasteiger partial charge in [0.2, 0.25) is 0 Å². The molecule has 0 aromatic heterocycles. The van der Waals surface area contributed by atoms with Gasteiger partial charge in [0.15, 0.2) is 5.96 Å². The first-order valence-electron chi connectivity index (χ1n) is 10.6. The summed E-state index contributed by atoms with van der Waals surface area (Å²) in [4.78, 5) is 7.05. The number of hydrogen-bond acceptors (Lipinski definition) is 3. The van der Waals surface area contributed by atoms with Gasteiger partial charge >= 0.3 is 0 Å². The van der Waals surface area contributed by atoms with Crippen LogP contribution in [0.2, 0.25) is 0 Å². The van der Waals surface area contributed by atoms with Gasteiger partial charge in [-0.2, -0.15) is 0 Å². The number of hydrogen-bond donors (Lipinski definition) is 1.